The maximum Gasteiger partial charge on any atom is 0.0775 e. The Morgan fingerprint density at radius 3 is 2.29 bits per heavy atom. The Bertz CT molecular complexity index is 587. The maximum atomic E-state index is 3.59. The normalized spacial score (nSPS) is 13.2. The summed E-state index contributed by atoms with van der Waals surface area (Å²) in [7, 11) is -1.19. The van der Waals surface area contributed by atoms with Gasteiger partial charge in [-0.1, -0.05) is 77.2 Å². The van der Waals surface area contributed by atoms with Crippen molar-refractivity contribution < 1.29 is 0 Å². The minimum Gasteiger partial charge on any atom is -0.306 e. The lowest BCUT2D eigenvalue weighted by Crippen LogP contribution is -2.37. The summed E-state index contributed by atoms with van der Waals surface area (Å²) in [6.45, 7) is 10.3. The van der Waals surface area contributed by atoms with Crippen molar-refractivity contribution in [2.24, 2.45) is 0 Å². The zero-order valence-corrected chi connectivity index (χ0v) is 15.9. The second-order valence-electron chi connectivity index (χ2n) is 6.60. The van der Waals surface area contributed by atoms with Gasteiger partial charge in [0.1, 0.15) is 0 Å². The van der Waals surface area contributed by atoms with Gasteiger partial charge in [-0.05, 0) is 30.2 Å². The molecule has 0 saturated heterocycles. The quantitative estimate of drug-likeness (QED) is 0.750. The molecule has 21 heavy (non-hydrogen) atoms. The molecule has 2 aromatic rings. The molecule has 2 aromatic carbocycles. The molecule has 0 aliphatic heterocycles. The molecule has 0 bridgehead atoms. The Labute approximate surface area is 137 Å². The molecule has 0 amide bonds. The summed E-state index contributed by atoms with van der Waals surface area (Å²) in [5.41, 5.74) is 2.65. The van der Waals surface area contributed by atoms with Crippen molar-refractivity contribution in [3.8, 4) is 0 Å². The van der Waals surface area contributed by atoms with Crippen LogP contribution in [-0.2, 0) is 6.54 Å². The van der Waals surface area contributed by atoms with Gasteiger partial charge in [-0.3, -0.25) is 0 Å². The molecule has 0 radical (unpaired) electrons. The SMILES string of the molecule is C[C@@H](NCc1ccc([Si](C)(C)C)cc1)c1cccc(Br)c1. The predicted molar refractivity (Wildman–Crippen MR) is 98.8 cm³/mol. The van der Waals surface area contributed by atoms with Gasteiger partial charge in [-0.15, -0.1) is 0 Å². The molecule has 0 unspecified atom stereocenters. The number of benzene rings is 2. The smallest absolute Gasteiger partial charge is 0.0775 e. The number of hydrogen-bond donors (Lipinski definition) is 1. The van der Waals surface area contributed by atoms with Crippen molar-refractivity contribution in [2.45, 2.75) is 39.2 Å². The molecule has 0 fully saturated rings. The van der Waals surface area contributed by atoms with Crippen LogP contribution in [0.25, 0.3) is 0 Å². The average Bonchev–Trinajstić information content (AvgIpc) is 2.44. The van der Waals surface area contributed by atoms with Gasteiger partial charge in [0.15, 0.2) is 0 Å². The number of halogens is 1. The van der Waals surface area contributed by atoms with Crippen LogP contribution in [0, 0.1) is 0 Å². The summed E-state index contributed by atoms with van der Waals surface area (Å²) in [5, 5.41) is 5.11. The fraction of sp³-hybridized carbons (Fsp3) is 0.333. The van der Waals surface area contributed by atoms with E-state index in [1.807, 2.05) is 0 Å². The molecule has 3 heteroatoms. The van der Waals surface area contributed by atoms with E-state index in [0.29, 0.717) is 6.04 Å². The van der Waals surface area contributed by atoms with Gasteiger partial charge in [0.25, 0.3) is 0 Å². The van der Waals surface area contributed by atoms with E-state index in [2.05, 4.69) is 96.3 Å². The first-order chi connectivity index (χ1) is 9.86. The Morgan fingerprint density at radius 2 is 1.71 bits per heavy atom. The number of hydrogen-bond acceptors (Lipinski definition) is 1. The standard InChI is InChI=1S/C18H24BrNSi/c1-14(16-6-5-7-17(19)12-16)20-13-15-8-10-18(11-9-15)21(2,3)4/h5-12,14,20H,13H2,1-4H3/t14-/m1/s1. The van der Waals surface area contributed by atoms with Gasteiger partial charge in [0.05, 0.1) is 8.07 Å². The largest absolute Gasteiger partial charge is 0.306 e. The molecule has 1 N–H and O–H groups in total. The first-order valence-corrected chi connectivity index (χ1v) is 11.7. The molecule has 0 aliphatic rings. The highest BCUT2D eigenvalue weighted by molar-refractivity contribution is 9.10. The molecule has 2 rings (SSSR count). The van der Waals surface area contributed by atoms with Gasteiger partial charge >= 0.3 is 0 Å². The van der Waals surface area contributed by atoms with E-state index in [1.165, 1.54) is 16.3 Å². The van der Waals surface area contributed by atoms with Crippen molar-refractivity contribution in [2.75, 3.05) is 0 Å². The van der Waals surface area contributed by atoms with Gasteiger partial charge in [-0.2, -0.15) is 0 Å². The lowest BCUT2D eigenvalue weighted by molar-refractivity contribution is 0.574. The second-order valence-corrected chi connectivity index (χ2v) is 12.6. The van der Waals surface area contributed by atoms with E-state index in [9.17, 15) is 0 Å². The highest BCUT2D eigenvalue weighted by Gasteiger charge is 2.15. The third-order valence-electron chi connectivity index (χ3n) is 3.78. The summed E-state index contributed by atoms with van der Waals surface area (Å²) in [6.07, 6.45) is 0. The molecule has 0 spiro atoms. The van der Waals surface area contributed by atoms with E-state index >= 15 is 0 Å². The average molecular weight is 362 g/mol. The minimum absolute atomic E-state index is 0.346. The summed E-state index contributed by atoms with van der Waals surface area (Å²) in [4.78, 5) is 0. The minimum atomic E-state index is -1.19. The number of rotatable bonds is 5. The van der Waals surface area contributed by atoms with Gasteiger partial charge in [-0.25, -0.2) is 0 Å². The predicted octanol–water partition coefficient (Wildman–Crippen LogP) is 4.85. The molecule has 0 aliphatic carbocycles. The highest BCUT2D eigenvalue weighted by atomic mass is 79.9. The lowest BCUT2D eigenvalue weighted by Gasteiger charge is -2.18. The van der Waals surface area contributed by atoms with Gasteiger partial charge < -0.3 is 5.32 Å². The van der Waals surface area contributed by atoms with Crippen LogP contribution in [-0.4, -0.2) is 8.07 Å². The van der Waals surface area contributed by atoms with E-state index in [0.717, 1.165) is 11.0 Å². The van der Waals surface area contributed by atoms with Crippen LogP contribution in [0.5, 0.6) is 0 Å². The van der Waals surface area contributed by atoms with Crippen LogP contribution in [0.2, 0.25) is 19.6 Å². The Balaban J connectivity index is 1.97. The molecule has 0 aromatic heterocycles. The Hall–Kier alpha value is -0.903. The maximum absolute atomic E-state index is 3.59. The van der Waals surface area contributed by atoms with Crippen molar-refractivity contribution in [1.82, 2.24) is 5.32 Å². The van der Waals surface area contributed by atoms with Crippen LogP contribution in [0.15, 0.2) is 53.0 Å². The zero-order valence-electron chi connectivity index (χ0n) is 13.3. The molecule has 0 saturated carbocycles. The summed E-state index contributed by atoms with van der Waals surface area (Å²) in [6, 6.07) is 17.9. The van der Waals surface area contributed by atoms with Crippen molar-refractivity contribution in [3.05, 3.63) is 64.1 Å². The van der Waals surface area contributed by atoms with Crippen LogP contribution < -0.4 is 10.5 Å². The second kappa shape index (κ2) is 6.90. The summed E-state index contributed by atoms with van der Waals surface area (Å²) in [5.74, 6) is 0. The highest BCUT2D eigenvalue weighted by Crippen LogP contribution is 2.18. The van der Waals surface area contributed by atoms with Crippen LogP contribution in [0.1, 0.15) is 24.1 Å². The van der Waals surface area contributed by atoms with Gasteiger partial charge in [0, 0.05) is 17.1 Å². The molecular formula is C18H24BrNSi. The van der Waals surface area contributed by atoms with Crippen molar-refractivity contribution >= 4 is 29.2 Å². The van der Waals surface area contributed by atoms with Crippen molar-refractivity contribution in [1.29, 1.82) is 0 Å². The third-order valence-corrected chi connectivity index (χ3v) is 6.34. The first-order valence-electron chi connectivity index (χ1n) is 7.44. The fourth-order valence-corrected chi connectivity index (χ4v) is 3.87. The fourth-order valence-electron chi connectivity index (χ4n) is 2.29. The molecular weight excluding hydrogens is 338 g/mol. The molecule has 0 heterocycles. The Kier molecular flexibility index (Phi) is 5.41. The number of nitrogens with one attached hydrogen (secondary N) is 1. The van der Waals surface area contributed by atoms with E-state index in [4.69, 9.17) is 0 Å². The van der Waals surface area contributed by atoms with Gasteiger partial charge in [0.2, 0.25) is 0 Å². The molecule has 112 valence electrons. The summed E-state index contributed by atoms with van der Waals surface area (Å²) >= 11 is 3.53. The molecule has 1 atom stereocenters. The van der Waals surface area contributed by atoms with E-state index < -0.39 is 8.07 Å². The monoisotopic (exact) mass is 361 g/mol. The van der Waals surface area contributed by atoms with E-state index in [-0.39, 0.29) is 0 Å². The topological polar surface area (TPSA) is 12.0 Å². The zero-order chi connectivity index (χ0) is 15.5. The van der Waals surface area contributed by atoms with Crippen LogP contribution in [0.3, 0.4) is 0 Å². The first kappa shape index (κ1) is 16.5. The van der Waals surface area contributed by atoms with Crippen molar-refractivity contribution in [3.63, 3.8) is 0 Å². The molecule has 1 nitrogen and oxygen atoms in total. The van der Waals surface area contributed by atoms with E-state index in [1.54, 1.807) is 0 Å². The Morgan fingerprint density at radius 1 is 1.05 bits per heavy atom. The van der Waals surface area contributed by atoms with Crippen LogP contribution >= 0.6 is 15.9 Å². The lowest BCUT2D eigenvalue weighted by atomic mass is 10.1. The summed E-state index contributed by atoms with van der Waals surface area (Å²) < 4.78 is 1.13. The third kappa shape index (κ3) is 4.80. The van der Waals surface area contributed by atoms with Crippen LogP contribution in [0.4, 0.5) is 0 Å².